The van der Waals surface area contributed by atoms with E-state index in [1.54, 1.807) is 0 Å². The van der Waals surface area contributed by atoms with E-state index in [9.17, 15) is 4.79 Å². The number of hydrogen-bond acceptors (Lipinski definition) is 2. The van der Waals surface area contributed by atoms with Crippen LogP contribution >= 0.6 is 11.6 Å². The maximum atomic E-state index is 12.1. The molecule has 1 atom stereocenters. The molecule has 1 heterocycles. The maximum Gasteiger partial charge on any atom is 0.238 e. The first kappa shape index (κ1) is 14.4. The molecule has 4 heteroatoms. The van der Waals surface area contributed by atoms with Crippen molar-refractivity contribution in [2.45, 2.75) is 39.2 Å². The van der Waals surface area contributed by atoms with E-state index in [0.29, 0.717) is 23.3 Å². The first-order valence-electron chi connectivity index (χ1n) is 6.86. The van der Waals surface area contributed by atoms with Crippen LogP contribution in [0.4, 0.5) is 5.69 Å². The first-order valence-corrected chi connectivity index (χ1v) is 7.24. The Hall–Kier alpha value is -1.06. The van der Waals surface area contributed by atoms with Gasteiger partial charge in [-0.15, -0.1) is 0 Å². The predicted octanol–water partition coefficient (Wildman–Crippen LogP) is 3.46. The molecule has 1 unspecified atom stereocenters. The minimum absolute atomic E-state index is 0.0134. The monoisotopic (exact) mass is 280 g/mol. The molecule has 0 aromatic heterocycles. The number of carbonyl (C=O) groups is 1. The molecule has 3 nitrogen and oxygen atoms in total. The summed E-state index contributed by atoms with van der Waals surface area (Å²) >= 11 is 6.12. The number of anilines is 1. The zero-order chi connectivity index (χ0) is 13.8. The van der Waals surface area contributed by atoms with E-state index in [-0.39, 0.29) is 5.91 Å². The SMILES string of the molecule is Cc1ccc(NC(=O)CN2CCCCC2C)c(Cl)c1. The maximum absolute atomic E-state index is 12.1. The van der Waals surface area contributed by atoms with Gasteiger partial charge in [-0.3, -0.25) is 9.69 Å². The normalized spacial score (nSPS) is 20.3. The quantitative estimate of drug-likeness (QED) is 0.920. The van der Waals surface area contributed by atoms with E-state index in [2.05, 4.69) is 17.1 Å². The molecule has 0 radical (unpaired) electrons. The zero-order valence-corrected chi connectivity index (χ0v) is 12.3. The van der Waals surface area contributed by atoms with Gasteiger partial charge in [-0.25, -0.2) is 0 Å². The van der Waals surface area contributed by atoms with Gasteiger partial charge in [-0.1, -0.05) is 24.1 Å². The molecule has 1 aliphatic heterocycles. The number of halogens is 1. The number of likely N-dealkylation sites (tertiary alicyclic amines) is 1. The summed E-state index contributed by atoms with van der Waals surface area (Å²) in [6.07, 6.45) is 3.63. The van der Waals surface area contributed by atoms with Gasteiger partial charge in [0.15, 0.2) is 0 Å². The molecule has 0 spiro atoms. The minimum atomic E-state index is 0.0134. The molecule has 0 aliphatic carbocycles. The van der Waals surface area contributed by atoms with Crippen LogP contribution in [-0.2, 0) is 4.79 Å². The van der Waals surface area contributed by atoms with Crippen molar-refractivity contribution in [3.8, 4) is 0 Å². The van der Waals surface area contributed by atoms with E-state index in [1.807, 2.05) is 25.1 Å². The lowest BCUT2D eigenvalue weighted by atomic mass is 10.0. The van der Waals surface area contributed by atoms with Crippen LogP contribution in [-0.4, -0.2) is 29.9 Å². The van der Waals surface area contributed by atoms with Crippen LogP contribution in [0.1, 0.15) is 31.7 Å². The Morgan fingerprint density at radius 3 is 2.95 bits per heavy atom. The number of rotatable bonds is 3. The second kappa shape index (κ2) is 6.40. The predicted molar refractivity (Wildman–Crippen MR) is 79.7 cm³/mol. The summed E-state index contributed by atoms with van der Waals surface area (Å²) in [5.74, 6) is 0.0134. The first-order chi connectivity index (χ1) is 9.06. The summed E-state index contributed by atoms with van der Waals surface area (Å²) < 4.78 is 0. The van der Waals surface area contributed by atoms with Crippen LogP contribution in [0, 0.1) is 6.92 Å². The van der Waals surface area contributed by atoms with Gasteiger partial charge in [-0.2, -0.15) is 0 Å². The van der Waals surface area contributed by atoms with Crippen molar-refractivity contribution in [3.05, 3.63) is 28.8 Å². The molecule has 1 aliphatic rings. The Bertz CT molecular complexity index is 461. The molecule has 1 fully saturated rings. The molecule has 19 heavy (non-hydrogen) atoms. The fraction of sp³-hybridized carbons (Fsp3) is 0.533. The summed E-state index contributed by atoms with van der Waals surface area (Å²) in [6, 6.07) is 6.16. The van der Waals surface area contributed by atoms with Crippen LogP contribution in [0.5, 0.6) is 0 Å². The third-order valence-corrected chi connectivity index (χ3v) is 4.00. The van der Waals surface area contributed by atoms with Crippen LogP contribution in [0.15, 0.2) is 18.2 Å². The average molecular weight is 281 g/mol. The van der Waals surface area contributed by atoms with E-state index in [0.717, 1.165) is 12.1 Å². The van der Waals surface area contributed by atoms with Crippen molar-refractivity contribution in [2.75, 3.05) is 18.4 Å². The van der Waals surface area contributed by atoms with Crippen molar-refractivity contribution in [1.82, 2.24) is 4.90 Å². The minimum Gasteiger partial charge on any atom is -0.324 e. The van der Waals surface area contributed by atoms with Gasteiger partial charge in [-0.05, 0) is 50.9 Å². The van der Waals surface area contributed by atoms with E-state index in [4.69, 9.17) is 11.6 Å². The van der Waals surface area contributed by atoms with Crippen molar-refractivity contribution in [2.24, 2.45) is 0 Å². The molecule has 1 amide bonds. The highest BCUT2D eigenvalue weighted by atomic mass is 35.5. The third kappa shape index (κ3) is 3.95. The Balaban J connectivity index is 1.93. The zero-order valence-electron chi connectivity index (χ0n) is 11.6. The number of carbonyl (C=O) groups excluding carboxylic acids is 1. The largest absolute Gasteiger partial charge is 0.324 e. The number of nitrogens with zero attached hydrogens (tertiary/aromatic N) is 1. The number of amides is 1. The number of nitrogens with one attached hydrogen (secondary N) is 1. The molecular formula is C15H21ClN2O. The molecule has 1 aromatic rings. The van der Waals surface area contributed by atoms with Crippen LogP contribution in [0.25, 0.3) is 0 Å². The summed E-state index contributed by atoms with van der Waals surface area (Å²) in [7, 11) is 0. The van der Waals surface area contributed by atoms with Gasteiger partial charge in [0, 0.05) is 6.04 Å². The Morgan fingerprint density at radius 1 is 1.47 bits per heavy atom. The molecule has 0 bridgehead atoms. The molecular weight excluding hydrogens is 260 g/mol. The smallest absolute Gasteiger partial charge is 0.238 e. The van der Waals surface area contributed by atoms with E-state index < -0.39 is 0 Å². The molecule has 1 N–H and O–H groups in total. The van der Waals surface area contributed by atoms with E-state index >= 15 is 0 Å². The fourth-order valence-electron chi connectivity index (χ4n) is 2.49. The van der Waals surface area contributed by atoms with Gasteiger partial charge in [0.1, 0.15) is 0 Å². The summed E-state index contributed by atoms with van der Waals surface area (Å²) in [4.78, 5) is 14.3. The number of benzene rings is 1. The molecule has 1 aromatic carbocycles. The highest BCUT2D eigenvalue weighted by molar-refractivity contribution is 6.33. The van der Waals surface area contributed by atoms with E-state index in [1.165, 1.54) is 19.3 Å². The third-order valence-electron chi connectivity index (χ3n) is 3.69. The van der Waals surface area contributed by atoms with Crippen LogP contribution < -0.4 is 5.32 Å². The Morgan fingerprint density at radius 2 is 2.26 bits per heavy atom. The fourth-order valence-corrected chi connectivity index (χ4v) is 2.77. The van der Waals surface area contributed by atoms with Gasteiger partial charge >= 0.3 is 0 Å². The van der Waals surface area contributed by atoms with Crippen molar-refractivity contribution >= 4 is 23.2 Å². The summed E-state index contributed by atoms with van der Waals surface area (Å²) in [6.45, 7) is 5.62. The highest BCUT2D eigenvalue weighted by Gasteiger charge is 2.20. The molecule has 104 valence electrons. The number of aryl methyl sites for hydroxylation is 1. The van der Waals surface area contributed by atoms with Crippen LogP contribution in [0.3, 0.4) is 0 Å². The topological polar surface area (TPSA) is 32.3 Å². The van der Waals surface area contributed by atoms with Crippen molar-refractivity contribution < 1.29 is 4.79 Å². The van der Waals surface area contributed by atoms with Gasteiger partial charge in [0.2, 0.25) is 5.91 Å². The van der Waals surface area contributed by atoms with Gasteiger partial charge in [0.05, 0.1) is 17.3 Å². The highest BCUT2D eigenvalue weighted by Crippen LogP contribution is 2.23. The van der Waals surface area contributed by atoms with Crippen molar-refractivity contribution in [3.63, 3.8) is 0 Å². The number of piperidine rings is 1. The Labute approximate surface area is 119 Å². The lowest BCUT2D eigenvalue weighted by Crippen LogP contribution is -2.42. The van der Waals surface area contributed by atoms with Gasteiger partial charge in [0.25, 0.3) is 0 Å². The summed E-state index contributed by atoms with van der Waals surface area (Å²) in [5.41, 5.74) is 1.79. The molecule has 2 rings (SSSR count). The second-order valence-electron chi connectivity index (χ2n) is 5.35. The molecule has 0 saturated carbocycles. The van der Waals surface area contributed by atoms with Crippen molar-refractivity contribution in [1.29, 1.82) is 0 Å². The average Bonchev–Trinajstić information content (AvgIpc) is 2.36. The lowest BCUT2D eigenvalue weighted by Gasteiger charge is -2.32. The summed E-state index contributed by atoms with van der Waals surface area (Å²) in [5, 5.41) is 3.49. The standard InChI is InChI=1S/C15H21ClN2O/c1-11-6-7-14(13(16)9-11)17-15(19)10-18-8-4-3-5-12(18)2/h6-7,9,12H,3-5,8,10H2,1-2H3,(H,17,19). The number of hydrogen-bond donors (Lipinski definition) is 1. The molecule has 1 saturated heterocycles. The Kier molecular flexibility index (Phi) is 4.83. The van der Waals surface area contributed by atoms with Gasteiger partial charge < -0.3 is 5.32 Å². The lowest BCUT2D eigenvalue weighted by molar-refractivity contribution is -0.118. The second-order valence-corrected chi connectivity index (χ2v) is 5.75. The van der Waals surface area contributed by atoms with Crippen LogP contribution in [0.2, 0.25) is 5.02 Å².